The van der Waals surface area contributed by atoms with Gasteiger partial charge in [0.2, 0.25) is 5.91 Å². The second kappa shape index (κ2) is 1.54. The summed E-state index contributed by atoms with van der Waals surface area (Å²) in [5.74, 6) is -0.567. The average molecular weight is 142 g/mol. The molecule has 0 aliphatic carbocycles. The van der Waals surface area contributed by atoms with Crippen LogP contribution < -0.4 is 5.32 Å². The van der Waals surface area contributed by atoms with Crippen LogP contribution in [0.2, 0.25) is 0 Å². The molecule has 1 N–H and O–H groups in total. The maximum Gasteiger partial charge on any atom is 0.663 e. The summed E-state index contributed by atoms with van der Waals surface area (Å²) in [7, 11) is -0.431. The molecule has 0 saturated carbocycles. The van der Waals surface area contributed by atoms with Gasteiger partial charge in [-0.2, -0.15) is 0 Å². The predicted octanol–water partition coefficient (Wildman–Crippen LogP) is -1.48. The minimum Gasteiger partial charge on any atom is -0.341 e. The molecule has 0 radical (unpaired) electrons. The first kappa shape index (κ1) is 5.51. The van der Waals surface area contributed by atoms with Gasteiger partial charge in [-0.05, 0) is 0 Å². The average Bonchev–Trinajstić information content (AvgIpc) is 2.37. The van der Waals surface area contributed by atoms with Gasteiger partial charge in [0.15, 0.2) is 0 Å². The number of hydrogen-bond acceptors (Lipinski definition) is 5. The molecular weight excluding hydrogens is 135 g/mol. The topological polar surface area (TPSA) is 43.0 Å². The van der Waals surface area contributed by atoms with E-state index in [0.29, 0.717) is 6.54 Å². The van der Waals surface area contributed by atoms with Gasteiger partial charge in [-0.25, -0.2) is 0 Å². The number of nitrogens with zero attached hydrogens (tertiary/aromatic N) is 1. The molecule has 2 bridgehead atoms. The summed E-state index contributed by atoms with van der Waals surface area (Å²) in [6.45, 7) is 2.46. The molecule has 54 valence electrons. The third kappa shape index (κ3) is 0.477. The van der Waals surface area contributed by atoms with E-state index in [-0.39, 0.29) is 0 Å². The summed E-state index contributed by atoms with van der Waals surface area (Å²) in [6.07, 6.45) is 0. The second-order valence-electron chi connectivity index (χ2n) is 2.62. The minimum atomic E-state index is -0.567. The Bertz CT molecular complexity index is 169. The Morgan fingerprint density at radius 1 is 1.50 bits per heavy atom. The van der Waals surface area contributed by atoms with Gasteiger partial charge < -0.3 is 14.6 Å². The quantitative estimate of drug-likeness (QED) is 0.418. The van der Waals surface area contributed by atoms with Gasteiger partial charge in [0.1, 0.15) is 0 Å². The Kier molecular flexibility index (Phi) is 0.849. The van der Waals surface area contributed by atoms with Gasteiger partial charge >= 0.3 is 7.32 Å². The van der Waals surface area contributed by atoms with Crippen molar-refractivity contribution in [1.82, 2.24) is 10.4 Å². The number of hydrogen-bond donors (Lipinski definition) is 1. The van der Waals surface area contributed by atoms with Gasteiger partial charge in [0.05, 0.1) is 6.54 Å². The first-order chi connectivity index (χ1) is 4.89. The van der Waals surface area contributed by atoms with E-state index >= 15 is 0 Å². The van der Waals surface area contributed by atoms with E-state index in [2.05, 4.69) is 5.32 Å². The molecule has 5 nitrogen and oxygen atoms in total. The third-order valence-corrected chi connectivity index (χ3v) is 1.99. The normalized spacial score (nSPS) is 35.4. The van der Waals surface area contributed by atoms with E-state index in [0.717, 1.165) is 13.1 Å². The van der Waals surface area contributed by atoms with Gasteiger partial charge in [-0.15, -0.1) is 5.06 Å². The second-order valence-corrected chi connectivity index (χ2v) is 2.62. The van der Waals surface area contributed by atoms with Crippen LogP contribution in [-0.2, 0) is 14.1 Å². The lowest BCUT2D eigenvalue weighted by molar-refractivity contribution is -0.289. The van der Waals surface area contributed by atoms with Crippen molar-refractivity contribution in [1.29, 1.82) is 0 Å². The van der Waals surface area contributed by atoms with Crippen molar-refractivity contribution < 1.29 is 14.1 Å². The van der Waals surface area contributed by atoms with E-state index in [1.807, 2.05) is 0 Å². The highest BCUT2D eigenvalue weighted by Gasteiger charge is 2.66. The van der Waals surface area contributed by atoms with Crippen molar-refractivity contribution in [3.05, 3.63) is 0 Å². The molecule has 4 aliphatic rings. The molecule has 10 heavy (non-hydrogen) atoms. The molecular formula is C4H7BN2O3. The Hall–Kier alpha value is -0.135. The van der Waals surface area contributed by atoms with Crippen molar-refractivity contribution in [3.8, 4) is 0 Å². The smallest absolute Gasteiger partial charge is 0.341 e. The zero-order chi connectivity index (χ0) is 6.60. The monoisotopic (exact) mass is 142 g/mol. The molecule has 4 heterocycles. The molecule has 4 saturated heterocycles. The van der Waals surface area contributed by atoms with Crippen LogP contribution in [0.25, 0.3) is 0 Å². The van der Waals surface area contributed by atoms with Crippen LogP contribution in [0.3, 0.4) is 0 Å². The van der Waals surface area contributed by atoms with E-state index in [1.54, 1.807) is 5.06 Å². The van der Waals surface area contributed by atoms with E-state index in [1.165, 1.54) is 0 Å². The molecule has 0 aromatic heterocycles. The first-order valence-corrected chi connectivity index (χ1v) is 3.40. The zero-order valence-electron chi connectivity index (χ0n) is 5.37. The molecule has 0 aromatic rings. The van der Waals surface area contributed by atoms with Gasteiger partial charge in [0, 0.05) is 13.1 Å². The standard InChI is InChI=1S/C4H7BN2O3/c1-2-7-4(3-6-1)8-5(9-4)10-7/h6H,1-3H2. The Morgan fingerprint density at radius 2 is 2.40 bits per heavy atom. The summed E-state index contributed by atoms with van der Waals surface area (Å²) in [5.41, 5.74) is 0. The summed E-state index contributed by atoms with van der Waals surface area (Å²) in [5, 5.41) is 4.92. The summed E-state index contributed by atoms with van der Waals surface area (Å²) in [4.78, 5) is 0. The fraction of sp³-hybridized carbons (Fsp3) is 1.00. The SMILES string of the molecule is C1CN2OB3OC2(CN1)O3. The van der Waals surface area contributed by atoms with Crippen LogP contribution in [0.4, 0.5) is 0 Å². The zero-order valence-corrected chi connectivity index (χ0v) is 5.37. The van der Waals surface area contributed by atoms with Crippen LogP contribution in [0.1, 0.15) is 0 Å². The number of rotatable bonds is 0. The van der Waals surface area contributed by atoms with Crippen LogP contribution in [0.5, 0.6) is 0 Å². The molecule has 0 amide bonds. The van der Waals surface area contributed by atoms with Gasteiger partial charge in [-0.1, -0.05) is 0 Å². The predicted molar refractivity (Wildman–Crippen MR) is 31.3 cm³/mol. The third-order valence-electron chi connectivity index (χ3n) is 1.99. The lowest BCUT2D eigenvalue weighted by atomic mass is 10.1. The highest BCUT2D eigenvalue weighted by molar-refractivity contribution is 6.39. The van der Waals surface area contributed by atoms with Crippen LogP contribution in [-0.4, -0.2) is 37.9 Å². The maximum atomic E-state index is 5.26. The number of hydroxylamine groups is 2. The van der Waals surface area contributed by atoms with E-state index in [4.69, 9.17) is 14.1 Å². The van der Waals surface area contributed by atoms with Crippen LogP contribution in [0.15, 0.2) is 0 Å². The van der Waals surface area contributed by atoms with Crippen molar-refractivity contribution >= 4 is 7.32 Å². The van der Waals surface area contributed by atoms with Gasteiger partial charge in [0.25, 0.3) is 0 Å². The molecule has 0 aromatic carbocycles. The van der Waals surface area contributed by atoms with E-state index in [9.17, 15) is 0 Å². The molecule has 6 heteroatoms. The Labute approximate surface area is 58.3 Å². The molecule has 0 unspecified atom stereocenters. The molecule has 0 atom stereocenters. The minimum absolute atomic E-state index is 0.431. The molecule has 4 aliphatic heterocycles. The first-order valence-electron chi connectivity index (χ1n) is 3.40. The van der Waals surface area contributed by atoms with Crippen molar-refractivity contribution in [2.45, 2.75) is 5.91 Å². The van der Waals surface area contributed by atoms with Crippen LogP contribution >= 0.6 is 0 Å². The van der Waals surface area contributed by atoms with Crippen molar-refractivity contribution in [3.63, 3.8) is 0 Å². The molecule has 1 spiro atoms. The fourth-order valence-corrected chi connectivity index (χ4v) is 1.48. The summed E-state index contributed by atoms with van der Waals surface area (Å²) < 4.78 is 15.7. The van der Waals surface area contributed by atoms with Crippen molar-refractivity contribution in [2.24, 2.45) is 0 Å². The lowest BCUT2D eigenvalue weighted by Gasteiger charge is -2.40. The lowest BCUT2D eigenvalue weighted by Crippen LogP contribution is -2.63. The number of nitrogens with one attached hydrogen (secondary N) is 1. The molecule has 4 rings (SSSR count). The highest BCUT2D eigenvalue weighted by Crippen LogP contribution is 2.39. The fourth-order valence-electron chi connectivity index (χ4n) is 1.48. The summed E-state index contributed by atoms with van der Waals surface area (Å²) in [6, 6.07) is 0. The Balaban J connectivity index is 1.90. The van der Waals surface area contributed by atoms with E-state index < -0.39 is 13.2 Å². The summed E-state index contributed by atoms with van der Waals surface area (Å²) >= 11 is 0. The molecule has 4 fully saturated rings. The largest absolute Gasteiger partial charge is 0.663 e. The van der Waals surface area contributed by atoms with Gasteiger partial charge in [-0.3, -0.25) is 4.76 Å². The maximum absolute atomic E-state index is 5.26. The highest BCUT2D eigenvalue weighted by atomic mass is 17.0. The van der Waals surface area contributed by atoms with Crippen LogP contribution in [0, 0.1) is 0 Å². The van der Waals surface area contributed by atoms with Crippen molar-refractivity contribution in [2.75, 3.05) is 19.6 Å². The number of piperazine rings is 1. The Morgan fingerprint density at radius 3 is 3.20 bits per heavy atom.